The third-order valence-electron chi connectivity index (χ3n) is 3.42. The molecule has 0 radical (unpaired) electrons. The van der Waals surface area contributed by atoms with Crippen molar-refractivity contribution in [1.82, 2.24) is 5.32 Å². The van der Waals surface area contributed by atoms with E-state index in [2.05, 4.69) is 5.32 Å². The Morgan fingerprint density at radius 1 is 1.29 bits per heavy atom. The summed E-state index contributed by atoms with van der Waals surface area (Å²) in [6.45, 7) is 1.32. The first kappa shape index (κ1) is 12.5. The molecule has 2 fully saturated rings. The van der Waals surface area contributed by atoms with Crippen LogP contribution in [0, 0.1) is 11.3 Å². The highest BCUT2D eigenvalue weighted by Crippen LogP contribution is 2.45. The fraction of sp³-hybridized carbons (Fsp3) is 1.00. The molecule has 2 heterocycles. The van der Waals surface area contributed by atoms with E-state index in [1.54, 1.807) is 0 Å². The summed E-state index contributed by atoms with van der Waals surface area (Å²) in [5.74, 6) is 1.73. The fourth-order valence-electron chi connectivity index (χ4n) is 2.51. The first-order chi connectivity index (χ1) is 6.25. The van der Waals surface area contributed by atoms with E-state index < -0.39 is 12.3 Å². The van der Waals surface area contributed by atoms with Gasteiger partial charge in [-0.3, -0.25) is 0 Å². The molecule has 1 N–H and O–H groups in total. The molecule has 0 aromatic rings. The lowest BCUT2D eigenvalue weighted by Gasteiger charge is -2.37. The van der Waals surface area contributed by atoms with Crippen molar-refractivity contribution >= 4 is 24.2 Å². The Hall–Kier alpha value is 0.460. The maximum Gasteiger partial charge on any atom is 0.243 e. The van der Waals surface area contributed by atoms with Crippen LogP contribution in [0.5, 0.6) is 0 Å². The number of rotatable bonds is 1. The number of alkyl halides is 2. The van der Waals surface area contributed by atoms with Gasteiger partial charge in [0, 0.05) is 19.0 Å². The average Bonchev–Trinajstić information content (AvgIpc) is 2.50. The van der Waals surface area contributed by atoms with Crippen LogP contribution >= 0.6 is 24.2 Å². The standard InChI is InChI=1S/C9H15F2NS.ClH/c10-8(11)7-5-12-6-9(7)1-3-13-4-2-9;/h7-8,12H,1-6H2;1H. The number of nitrogens with one attached hydrogen (secondary N) is 1. The second kappa shape index (κ2) is 4.99. The normalized spacial score (nSPS) is 30.6. The van der Waals surface area contributed by atoms with Crippen molar-refractivity contribution in [1.29, 1.82) is 0 Å². The van der Waals surface area contributed by atoms with Crippen LogP contribution in [0.25, 0.3) is 0 Å². The Morgan fingerprint density at radius 2 is 1.93 bits per heavy atom. The molecule has 0 aliphatic carbocycles. The molecule has 1 spiro atoms. The number of hydrogen-bond acceptors (Lipinski definition) is 2. The quantitative estimate of drug-likeness (QED) is 0.759. The highest BCUT2D eigenvalue weighted by Gasteiger charge is 2.47. The molecular weight excluding hydrogens is 228 g/mol. The summed E-state index contributed by atoms with van der Waals surface area (Å²) in [4.78, 5) is 0. The molecule has 14 heavy (non-hydrogen) atoms. The average molecular weight is 244 g/mol. The van der Waals surface area contributed by atoms with Gasteiger partial charge in [-0.1, -0.05) is 0 Å². The number of hydrogen-bond donors (Lipinski definition) is 1. The van der Waals surface area contributed by atoms with Gasteiger partial charge < -0.3 is 5.32 Å². The van der Waals surface area contributed by atoms with Crippen LogP contribution in [0.3, 0.4) is 0 Å². The summed E-state index contributed by atoms with van der Waals surface area (Å²) in [5.41, 5.74) is -0.0700. The molecule has 5 heteroatoms. The van der Waals surface area contributed by atoms with Crippen molar-refractivity contribution < 1.29 is 8.78 Å². The van der Waals surface area contributed by atoms with Crippen molar-refractivity contribution in [3.05, 3.63) is 0 Å². The monoisotopic (exact) mass is 243 g/mol. The van der Waals surface area contributed by atoms with Gasteiger partial charge in [-0.25, -0.2) is 8.78 Å². The minimum absolute atomic E-state index is 0. The highest BCUT2D eigenvalue weighted by molar-refractivity contribution is 7.99. The fourth-order valence-corrected chi connectivity index (χ4v) is 3.81. The summed E-state index contributed by atoms with van der Waals surface area (Å²) in [7, 11) is 0. The molecule has 0 bridgehead atoms. The topological polar surface area (TPSA) is 12.0 Å². The number of thioether (sulfide) groups is 1. The van der Waals surface area contributed by atoms with Gasteiger partial charge in [-0.05, 0) is 29.8 Å². The van der Waals surface area contributed by atoms with Crippen LogP contribution in [-0.4, -0.2) is 31.0 Å². The van der Waals surface area contributed by atoms with Gasteiger partial charge in [0.2, 0.25) is 6.43 Å². The molecule has 2 saturated heterocycles. The summed E-state index contributed by atoms with van der Waals surface area (Å²) >= 11 is 1.90. The lowest BCUT2D eigenvalue weighted by Crippen LogP contribution is -2.37. The van der Waals surface area contributed by atoms with Crippen molar-refractivity contribution in [3.63, 3.8) is 0 Å². The zero-order chi connectivity index (χ0) is 9.31. The molecule has 0 aromatic carbocycles. The lowest BCUT2D eigenvalue weighted by atomic mass is 9.73. The molecular formula is C9H16ClF2NS. The van der Waals surface area contributed by atoms with E-state index in [0.717, 1.165) is 30.9 Å². The lowest BCUT2D eigenvalue weighted by molar-refractivity contribution is 0.0179. The smallest absolute Gasteiger partial charge is 0.243 e. The molecule has 2 aliphatic rings. The molecule has 2 rings (SSSR count). The Kier molecular flexibility index (Phi) is 4.47. The minimum Gasteiger partial charge on any atom is -0.316 e. The van der Waals surface area contributed by atoms with Crippen LogP contribution in [0.15, 0.2) is 0 Å². The van der Waals surface area contributed by atoms with Crippen LogP contribution in [0.1, 0.15) is 12.8 Å². The van der Waals surface area contributed by atoms with E-state index in [-0.39, 0.29) is 17.8 Å². The first-order valence-corrected chi connectivity index (χ1v) is 5.97. The second-order valence-corrected chi connectivity index (χ2v) is 5.27. The summed E-state index contributed by atoms with van der Waals surface area (Å²) in [5, 5.41) is 3.12. The van der Waals surface area contributed by atoms with E-state index >= 15 is 0 Å². The second-order valence-electron chi connectivity index (χ2n) is 4.05. The van der Waals surface area contributed by atoms with Crippen LogP contribution < -0.4 is 5.32 Å². The Labute approximate surface area is 93.8 Å². The van der Waals surface area contributed by atoms with E-state index in [0.29, 0.717) is 6.54 Å². The molecule has 1 atom stereocenters. The van der Waals surface area contributed by atoms with E-state index in [4.69, 9.17) is 0 Å². The van der Waals surface area contributed by atoms with E-state index in [1.165, 1.54) is 0 Å². The SMILES string of the molecule is Cl.FC(F)C1CNCC12CCSCC2. The van der Waals surface area contributed by atoms with Gasteiger partial charge in [0.1, 0.15) is 0 Å². The maximum absolute atomic E-state index is 12.7. The summed E-state index contributed by atoms with van der Waals surface area (Å²) in [6.07, 6.45) is -0.197. The summed E-state index contributed by atoms with van der Waals surface area (Å²) in [6, 6.07) is 0. The maximum atomic E-state index is 12.7. The van der Waals surface area contributed by atoms with Crippen molar-refractivity contribution in [2.75, 3.05) is 24.6 Å². The molecule has 1 unspecified atom stereocenters. The predicted molar refractivity (Wildman–Crippen MR) is 58.6 cm³/mol. The summed E-state index contributed by atoms with van der Waals surface area (Å²) < 4.78 is 25.4. The van der Waals surface area contributed by atoms with Crippen LogP contribution in [0.2, 0.25) is 0 Å². The van der Waals surface area contributed by atoms with E-state index in [1.807, 2.05) is 11.8 Å². The number of halogens is 3. The van der Waals surface area contributed by atoms with Gasteiger partial charge >= 0.3 is 0 Å². The highest BCUT2D eigenvalue weighted by atomic mass is 35.5. The van der Waals surface area contributed by atoms with Gasteiger partial charge in [0.25, 0.3) is 0 Å². The Balaban J connectivity index is 0.000000980. The van der Waals surface area contributed by atoms with Crippen molar-refractivity contribution in [3.8, 4) is 0 Å². The van der Waals surface area contributed by atoms with Gasteiger partial charge in [-0.15, -0.1) is 12.4 Å². The molecule has 0 amide bonds. The first-order valence-electron chi connectivity index (χ1n) is 4.81. The molecule has 1 nitrogen and oxygen atoms in total. The Morgan fingerprint density at radius 3 is 2.50 bits per heavy atom. The van der Waals surface area contributed by atoms with E-state index in [9.17, 15) is 8.78 Å². The zero-order valence-electron chi connectivity index (χ0n) is 7.97. The molecule has 0 saturated carbocycles. The zero-order valence-corrected chi connectivity index (χ0v) is 9.60. The van der Waals surface area contributed by atoms with Crippen LogP contribution in [-0.2, 0) is 0 Å². The van der Waals surface area contributed by atoms with Crippen molar-refractivity contribution in [2.24, 2.45) is 11.3 Å². The van der Waals surface area contributed by atoms with Gasteiger partial charge in [0.15, 0.2) is 0 Å². The third-order valence-corrected chi connectivity index (χ3v) is 4.41. The molecule has 0 aromatic heterocycles. The van der Waals surface area contributed by atoms with Gasteiger partial charge in [0.05, 0.1) is 0 Å². The third kappa shape index (κ3) is 2.17. The Bertz CT molecular complexity index is 186. The molecule has 84 valence electrons. The van der Waals surface area contributed by atoms with Gasteiger partial charge in [-0.2, -0.15) is 11.8 Å². The minimum atomic E-state index is -2.14. The van der Waals surface area contributed by atoms with Crippen LogP contribution in [0.4, 0.5) is 8.78 Å². The largest absolute Gasteiger partial charge is 0.316 e. The van der Waals surface area contributed by atoms with Crippen molar-refractivity contribution in [2.45, 2.75) is 19.3 Å². The molecule has 2 aliphatic heterocycles. The predicted octanol–water partition coefficient (Wildman–Crippen LogP) is 2.41.